The second-order valence-electron chi connectivity index (χ2n) is 9.55. The zero-order valence-electron chi connectivity index (χ0n) is 19.9. The average molecular weight is 510 g/mol. The lowest BCUT2D eigenvalue weighted by molar-refractivity contribution is -0.137. The Bertz CT molecular complexity index is 1140. The van der Waals surface area contributed by atoms with Crippen molar-refractivity contribution >= 4 is 17.8 Å². The monoisotopic (exact) mass is 510 g/mol. The second-order valence-corrected chi connectivity index (χ2v) is 9.55. The summed E-state index contributed by atoms with van der Waals surface area (Å²) < 4.78 is 58.0. The number of carbonyl (C=O) groups is 3. The molecular weight excluding hydrogens is 484 g/mol. The van der Waals surface area contributed by atoms with Gasteiger partial charge in [-0.05, 0) is 56.5 Å². The molecular formula is C25H26F4N2O5. The lowest BCUT2D eigenvalue weighted by Gasteiger charge is -2.27. The standard InChI is InChI=1S/C25H26F4N2O5/c1-24(2,3)36-23(35)31-13-16(26)10-20(31)21(32)9-8-17-11-18(19(12-30-17)22(33)34)14-4-6-15(7-5-14)25(27,28)29/h4-7,11-12,16,20H,8-10,13H2,1-3H3,(H,33,34)/t16-,20+/m1/s1. The molecule has 0 aliphatic carbocycles. The highest BCUT2D eigenvalue weighted by Crippen LogP contribution is 2.32. The first-order chi connectivity index (χ1) is 16.7. The highest BCUT2D eigenvalue weighted by molar-refractivity contribution is 5.95. The smallest absolute Gasteiger partial charge is 0.416 e. The summed E-state index contributed by atoms with van der Waals surface area (Å²) in [6.07, 6.45) is -5.82. The van der Waals surface area contributed by atoms with Crippen molar-refractivity contribution in [1.82, 2.24) is 9.88 Å². The van der Waals surface area contributed by atoms with Crippen LogP contribution in [0.2, 0.25) is 0 Å². The van der Waals surface area contributed by atoms with Gasteiger partial charge >= 0.3 is 18.2 Å². The van der Waals surface area contributed by atoms with Gasteiger partial charge in [0.2, 0.25) is 0 Å². The molecule has 0 radical (unpaired) electrons. The Morgan fingerprint density at radius 3 is 2.33 bits per heavy atom. The number of benzene rings is 1. The van der Waals surface area contributed by atoms with Gasteiger partial charge in [-0.3, -0.25) is 14.7 Å². The molecule has 0 saturated carbocycles. The maximum Gasteiger partial charge on any atom is 0.416 e. The maximum absolute atomic E-state index is 14.1. The molecule has 36 heavy (non-hydrogen) atoms. The van der Waals surface area contributed by atoms with Crippen LogP contribution in [0.1, 0.15) is 55.2 Å². The SMILES string of the molecule is CC(C)(C)OC(=O)N1C[C@H](F)C[C@H]1C(=O)CCc1cc(-c2ccc(C(F)(F)F)cc2)c(C(=O)O)cn1. The molecule has 0 spiro atoms. The number of aromatic carboxylic acids is 1. The number of rotatable bonds is 6. The van der Waals surface area contributed by atoms with Gasteiger partial charge < -0.3 is 9.84 Å². The summed E-state index contributed by atoms with van der Waals surface area (Å²) in [6, 6.07) is 4.43. The number of hydrogen-bond donors (Lipinski definition) is 1. The summed E-state index contributed by atoms with van der Waals surface area (Å²) in [5, 5.41) is 9.49. The quantitative estimate of drug-likeness (QED) is 0.529. The van der Waals surface area contributed by atoms with Gasteiger partial charge in [0.05, 0.1) is 23.7 Å². The number of likely N-dealkylation sites (tertiary alicyclic amines) is 1. The van der Waals surface area contributed by atoms with Gasteiger partial charge in [-0.2, -0.15) is 13.2 Å². The van der Waals surface area contributed by atoms with Crippen molar-refractivity contribution in [1.29, 1.82) is 0 Å². The third kappa shape index (κ3) is 6.58. The van der Waals surface area contributed by atoms with Crippen molar-refractivity contribution in [2.24, 2.45) is 0 Å². The van der Waals surface area contributed by atoms with Crippen LogP contribution in [0.5, 0.6) is 0 Å². The normalized spacial score (nSPS) is 18.2. The Morgan fingerprint density at radius 2 is 1.78 bits per heavy atom. The van der Waals surface area contributed by atoms with Crippen LogP contribution in [0.3, 0.4) is 0 Å². The van der Waals surface area contributed by atoms with Gasteiger partial charge in [0, 0.05) is 24.7 Å². The maximum atomic E-state index is 14.1. The summed E-state index contributed by atoms with van der Waals surface area (Å²) >= 11 is 0. The molecule has 7 nitrogen and oxygen atoms in total. The Morgan fingerprint density at radius 1 is 1.14 bits per heavy atom. The van der Waals surface area contributed by atoms with Crippen molar-refractivity contribution in [3.05, 3.63) is 53.3 Å². The summed E-state index contributed by atoms with van der Waals surface area (Å²) in [5.74, 6) is -1.71. The van der Waals surface area contributed by atoms with Crippen LogP contribution in [0.15, 0.2) is 36.5 Å². The van der Waals surface area contributed by atoms with E-state index in [1.54, 1.807) is 20.8 Å². The van der Waals surface area contributed by atoms with Gasteiger partial charge in [-0.25, -0.2) is 14.0 Å². The Hall–Kier alpha value is -3.50. The Labute approximate surface area is 205 Å². The fourth-order valence-corrected chi connectivity index (χ4v) is 3.91. The van der Waals surface area contributed by atoms with Gasteiger partial charge in [-0.1, -0.05) is 12.1 Å². The molecule has 2 atom stereocenters. The van der Waals surface area contributed by atoms with Crippen LogP contribution >= 0.6 is 0 Å². The second kappa shape index (κ2) is 10.2. The van der Waals surface area contributed by atoms with E-state index in [4.69, 9.17) is 4.74 Å². The molecule has 2 aromatic rings. The fraction of sp³-hybridized carbons (Fsp3) is 0.440. The predicted octanol–water partition coefficient (Wildman–Crippen LogP) is 5.31. The van der Waals surface area contributed by atoms with E-state index in [1.807, 2.05) is 0 Å². The number of Topliss-reactive ketones (excluding diaryl/α,β-unsaturated/α-hetero) is 1. The molecule has 1 N–H and O–H groups in total. The van der Waals surface area contributed by atoms with Crippen molar-refractivity contribution < 1.29 is 41.8 Å². The molecule has 1 fully saturated rings. The molecule has 1 saturated heterocycles. The largest absolute Gasteiger partial charge is 0.478 e. The van der Waals surface area contributed by atoms with E-state index in [9.17, 15) is 37.1 Å². The molecule has 1 aromatic heterocycles. The Kier molecular flexibility index (Phi) is 7.70. The number of pyridine rings is 1. The summed E-state index contributed by atoms with van der Waals surface area (Å²) in [6.45, 7) is 4.72. The fourth-order valence-electron chi connectivity index (χ4n) is 3.91. The summed E-state index contributed by atoms with van der Waals surface area (Å²) in [4.78, 5) is 42.1. The number of hydrogen-bond acceptors (Lipinski definition) is 5. The van der Waals surface area contributed by atoms with Gasteiger partial charge in [0.25, 0.3) is 0 Å². The summed E-state index contributed by atoms with van der Waals surface area (Å²) in [5.41, 5.74) is -1.20. The first-order valence-electron chi connectivity index (χ1n) is 11.2. The minimum absolute atomic E-state index is 0.0575. The molecule has 1 aliphatic heterocycles. The third-order valence-electron chi connectivity index (χ3n) is 5.59. The van der Waals surface area contributed by atoms with E-state index in [0.29, 0.717) is 5.69 Å². The van der Waals surface area contributed by atoms with Crippen LogP contribution in [-0.4, -0.2) is 57.2 Å². The number of alkyl halides is 4. The van der Waals surface area contributed by atoms with Gasteiger partial charge in [-0.15, -0.1) is 0 Å². The lowest BCUT2D eigenvalue weighted by atomic mass is 9.97. The molecule has 194 valence electrons. The van der Waals surface area contributed by atoms with Crippen LogP contribution < -0.4 is 0 Å². The molecule has 1 aromatic carbocycles. The van der Waals surface area contributed by atoms with Crippen LogP contribution in [0.4, 0.5) is 22.4 Å². The number of ketones is 1. The number of carboxylic acid groups (broad SMARTS) is 1. The van der Waals surface area contributed by atoms with Crippen molar-refractivity contribution in [2.45, 2.75) is 64.0 Å². The summed E-state index contributed by atoms with van der Waals surface area (Å²) in [7, 11) is 0. The number of carboxylic acids is 1. The molecule has 11 heteroatoms. The zero-order chi connectivity index (χ0) is 26.8. The topological polar surface area (TPSA) is 96.8 Å². The minimum atomic E-state index is -4.54. The molecule has 0 unspecified atom stereocenters. The number of aromatic nitrogens is 1. The lowest BCUT2D eigenvalue weighted by Crippen LogP contribution is -2.43. The predicted molar refractivity (Wildman–Crippen MR) is 121 cm³/mol. The van der Waals surface area contributed by atoms with E-state index in [-0.39, 0.29) is 42.5 Å². The van der Waals surface area contributed by atoms with E-state index in [2.05, 4.69) is 4.98 Å². The van der Waals surface area contributed by atoms with E-state index in [1.165, 1.54) is 6.07 Å². The molecule has 3 rings (SSSR count). The van der Waals surface area contributed by atoms with E-state index >= 15 is 0 Å². The number of ether oxygens (including phenoxy) is 1. The number of nitrogens with zero attached hydrogens (tertiary/aromatic N) is 2. The highest BCUT2D eigenvalue weighted by atomic mass is 19.4. The molecule has 1 aliphatic rings. The van der Waals surface area contributed by atoms with Gasteiger partial charge in [0.1, 0.15) is 11.8 Å². The van der Waals surface area contributed by atoms with E-state index < -0.39 is 47.4 Å². The zero-order valence-corrected chi connectivity index (χ0v) is 19.9. The molecule has 0 bridgehead atoms. The van der Waals surface area contributed by atoms with Crippen molar-refractivity contribution in [2.75, 3.05) is 6.54 Å². The van der Waals surface area contributed by atoms with Crippen LogP contribution in [0, 0.1) is 0 Å². The first-order valence-corrected chi connectivity index (χ1v) is 11.2. The van der Waals surface area contributed by atoms with Crippen LogP contribution in [0.25, 0.3) is 11.1 Å². The van der Waals surface area contributed by atoms with Gasteiger partial charge in [0.15, 0.2) is 5.78 Å². The molecule has 2 heterocycles. The van der Waals surface area contributed by atoms with Crippen LogP contribution in [-0.2, 0) is 22.1 Å². The van der Waals surface area contributed by atoms with Crippen molar-refractivity contribution in [3.8, 4) is 11.1 Å². The first kappa shape index (κ1) is 27.1. The number of amides is 1. The van der Waals surface area contributed by atoms with Crippen molar-refractivity contribution in [3.63, 3.8) is 0 Å². The van der Waals surface area contributed by atoms with E-state index in [0.717, 1.165) is 35.4 Å². The number of aryl methyl sites for hydroxylation is 1. The number of halogens is 4. The number of carbonyl (C=O) groups excluding carboxylic acids is 2. The minimum Gasteiger partial charge on any atom is -0.478 e. The molecule has 1 amide bonds. The highest BCUT2D eigenvalue weighted by Gasteiger charge is 2.41. The average Bonchev–Trinajstić information content (AvgIpc) is 3.17. The Balaban J connectivity index is 1.78. The third-order valence-corrected chi connectivity index (χ3v) is 5.59.